The van der Waals surface area contributed by atoms with Gasteiger partial charge in [0.05, 0.1) is 24.3 Å². The van der Waals surface area contributed by atoms with E-state index >= 15 is 0 Å². The Kier molecular flexibility index (Phi) is 4.08. The normalized spacial score (nSPS) is 19.4. The van der Waals surface area contributed by atoms with Gasteiger partial charge in [-0.1, -0.05) is 28.9 Å². The third kappa shape index (κ3) is 2.74. The molecule has 1 aliphatic rings. The van der Waals surface area contributed by atoms with Crippen LogP contribution in [0.2, 0.25) is 0 Å². The molecule has 2 atom stereocenters. The van der Waals surface area contributed by atoms with Gasteiger partial charge < -0.3 is 13.9 Å². The molecular weight excluding hydrogens is 388 g/mol. The van der Waals surface area contributed by atoms with Crippen LogP contribution in [0.1, 0.15) is 22.9 Å². The molecule has 5 heteroatoms. The number of benzene rings is 1. The summed E-state index contributed by atoms with van der Waals surface area (Å²) in [6, 6.07) is 7.96. The van der Waals surface area contributed by atoms with Gasteiger partial charge in [0.25, 0.3) is 0 Å². The largest absolute Gasteiger partial charge is 0.489 e. The van der Waals surface area contributed by atoms with Gasteiger partial charge >= 0.3 is 0 Å². The molecule has 0 spiro atoms. The summed E-state index contributed by atoms with van der Waals surface area (Å²) in [5.41, 5.74) is 2.15. The van der Waals surface area contributed by atoms with E-state index in [-0.39, 0.29) is 4.83 Å². The molecule has 2 aromatic rings. The van der Waals surface area contributed by atoms with Crippen molar-refractivity contribution in [3.05, 3.63) is 46.3 Å². The van der Waals surface area contributed by atoms with Crippen molar-refractivity contribution in [3.8, 4) is 11.5 Å². The van der Waals surface area contributed by atoms with Gasteiger partial charge in [0.1, 0.15) is 0 Å². The second-order valence-corrected chi connectivity index (χ2v) is 6.58. The first-order valence-electron chi connectivity index (χ1n) is 6.41. The molecule has 0 amide bonds. The van der Waals surface area contributed by atoms with Crippen LogP contribution in [0, 0.1) is 5.92 Å². The Balaban J connectivity index is 1.91. The van der Waals surface area contributed by atoms with E-state index in [0.717, 1.165) is 27.3 Å². The Bertz CT molecular complexity index is 609. The van der Waals surface area contributed by atoms with Gasteiger partial charge in [-0.2, -0.15) is 0 Å². The molecule has 1 aromatic heterocycles. The summed E-state index contributed by atoms with van der Waals surface area (Å²) in [7, 11) is 0. The topological polar surface area (TPSA) is 31.6 Å². The van der Waals surface area contributed by atoms with Crippen molar-refractivity contribution in [1.82, 2.24) is 0 Å². The molecule has 0 saturated carbocycles. The van der Waals surface area contributed by atoms with Crippen molar-refractivity contribution >= 4 is 31.9 Å². The summed E-state index contributed by atoms with van der Waals surface area (Å²) in [5, 5.41) is 0. The molecule has 1 aromatic carbocycles. The number of alkyl halides is 1. The lowest BCUT2D eigenvalue weighted by molar-refractivity contribution is 0.228. The summed E-state index contributed by atoms with van der Waals surface area (Å²) in [6.07, 6.45) is 1.67. The third-order valence-electron chi connectivity index (χ3n) is 3.23. The lowest BCUT2D eigenvalue weighted by Crippen LogP contribution is -2.12. The van der Waals surface area contributed by atoms with E-state index in [2.05, 4.69) is 38.8 Å². The monoisotopic (exact) mass is 400 g/mol. The van der Waals surface area contributed by atoms with Crippen molar-refractivity contribution < 1.29 is 13.9 Å². The molecule has 0 saturated heterocycles. The zero-order valence-electron chi connectivity index (χ0n) is 10.9. The first kappa shape index (κ1) is 14.0. The first-order chi connectivity index (χ1) is 9.65. The predicted octanol–water partition coefficient (Wildman–Crippen LogP) is 4.93. The number of rotatable bonds is 2. The van der Waals surface area contributed by atoms with Crippen LogP contribution in [0.25, 0.3) is 0 Å². The maximum atomic E-state index is 5.82. The van der Waals surface area contributed by atoms with Crippen LogP contribution in [0.15, 0.2) is 39.6 Å². The van der Waals surface area contributed by atoms with E-state index in [9.17, 15) is 0 Å². The first-order valence-corrected chi connectivity index (χ1v) is 8.12. The number of furan rings is 1. The lowest BCUT2D eigenvalue weighted by Gasteiger charge is -2.13. The molecule has 0 radical (unpaired) electrons. The molecule has 2 unspecified atom stereocenters. The zero-order valence-corrected chi connectivity index (χ0v) is 14.1. The number of fused-ring (bicyclic) bond motifs is 1. The molecule has 1 aliphatic heterocycles. The summed E-state index contributed by atoms with van der Waals surface area (Å²) in [4.78, 5) is 0.0465. The maximum absolute atomic E-state index is 5.82. The van der Waals surface area contributed by atoms with Crippen molar-refractivity contribution in [3.63, 3.8) is 0 Å². The van der Waals surface area contributed by atoms with E-state index < -0.39 is 0 Å². The van der Waals surface area contributed by atoms with E-state index in [0.29, 0.717) is 19.1 Å². The predicted molar refractivity (Wildman–Crippen MR) is 83.8 cm³/mol. The van der Waals surface area contributed by atoms with Gasteiger partial charge in [-0.25, -0.2) is 0 Å². The zero-order chi connectivity index (χ0) is 14.1. The van der Waals surface area contributed by atoms with Crippen LogP contribution in [-0.4, -0.2) is 13.2 Å². The Morgan fingerprint density at radius 1 is 1.15 bits per heavy atom. The quantitative estimate of drug-likeness (QED) is 0.668. The lowest BCUT2D eigenvalue weighted by atomic mass is 10.1. The van der Waals surface area contributed by atoms with Gasteiger partial charge in [0, 0.05) is 11.5 Å². The van der Waals surface area contributed by atoms with Gasteiger partial charge in [-0.05, 0) is 39.7 Å². The average molecular weight is 402 g/mol. The van der Waals surface area contributed by atoms with Crippen molar-refractivity contribution in [2.75, 3.05) is 13.2 Å². The standard InChI is InChI=1S/C15H14Br2O3/c1-9-7-19-12-3-2-10(6-13(12)20-8-9)14(16)11-4-5-18-15(11)17/h2-6,9,14H,7-8H2,1H3. The van der Waals surface area contributed by atoms with Crippen molar-refractivity contribution in [1.29, 1.82) is 0 Å². The van der Waals surface area contributed by atoms with E-state index in [4.69, 9.17) is 13.9 Å². The van der Waals surface area contributed by atoms with Gasteiger partial charge in [0.15, 0.2) is 16.2 Å². The van der Waals surface area contributed by atoms with Gasteiger partial charge in [0.2, 0.25) is 0 Å². The van der Waals surface area contributed by atoms with E-state index in [1.54, 1.807) is 6.26 Å². The summed E-state index contributed by atoms with van der Waals surface area (Å²) in [6.45, 7) is 3.48. The molecule has 0 aliphatic carbocycles. The Morgan fingerprint density at radius 3 is 2.60 bits per heavy atom. The molecule has 106 valence electrons. The van der Waals surface area contributed by atoms with Crippen LogP contribution in [0.3, 0.4) is 0 Å². The van der Waals surface area contributed by atoms with Gasteiger partial charge in [-0.3, -0.25) is 0 Å². The Labute approximate surface area is 134 Å². The van der Waals surface area contributed by atoms with Crippen LogP contribution >= 0.6 is 31.9 Å². The van der Waals surface area contributed by atoms with Crippen LogP contribution < -0.4 is 9.47 Å². The molecule has 0 bridgehead atoms. The second-order valence-electron chi connectivity index (χ2n) is 4.95. The fourth-order valence-corrected chi connectivity index (χ4v) is 3.51. The highest BCUT2D eigenvalue weighted by Gasteiger charge is 2.20. The minimum Gasteiger partial charge on any atom is -0.489 e. The number of halogens is 2. The van der Waals surface area contributed by atoms with Gasteiger partial charge in [-0.15, -0.1) is 0 Å². The molecule has 0 fully saturated rings. The van der Waals surface area contributed by atoms with Crippen molar-refractivity contribution in [2.24, 2.45) is 5.92 Å². The SMILES string of the molecule is CC1COc2ccc(C(Br)c3ccoc3Br)cc2OC1. The summed E-state index contributed by atoms with van der Waals surface area (Å²) < 4.78 is 17.6. The fourth-order valence-electron chi connectivity index (χ4n) is 2.09. The van der Waals surface area contributed by atoms with Crippen LogP contribution in [0.4, 0.5) is 0 Å². The van der Waals surface area contributed by atoms with Crippen LogP contribution in [-0.2, 0) is 0 Å². The number of hydrogen-bond donors (Lipinski definition) is 0. The van der Waals surface area contributed by atoms with E-state index in [1.807, 2.05) is 24.3 Å². The molecule has 0 N–H and O–H groups in total. The fraction of sp³-hybridized carbons (Fsp3) is 0.333. The second kappa shape index (κ2) is 5.82. The highest BCUT2D eigenvalue weighted by atomic mass is 79.9. The Morgan fingerprint density at radius 2 is 1.90 bits per heavy atom. The molecular formula is C15H14Br2O3. The molecule has 3 nitrogen and oxygen atoms in total. The summed E-state index contributed by atoms with van der Waals surface area (Å²) >= 11 is 7.10. The average Bonchev–Trinajstić information content (AvgIpc) is 2.79. The van der Waals surface area contributed by atoms with Crippen LogP contribution in [0.5, 0.6) is 11.5 Å². The Hall–Kier alpha value is -0.940. The summed E-state index contributed by atoms with van der Waals surface area (Å²) in [5.74, 6) is 2.01. The minimum atomic E-state index is 0.0465. The number of hydrogen-bond acceptors (Lipinski definition) is 3. The third-order valence-corrected chi connectivity index (χ3v) is 4.89. The smallest absolute Gasteiger partial charge is 0.173 e. The molecule has 2 heterocycles. The van der Waals surface area contributed by atoms with E-state index in [1.165, 1.54) is 0 Å². The molecule has 3 rings (SSSR count). The number of ether oxygens (including phenoxy) is 2. The van der Waals surface area contributed by atoms with Crippen molar-refractivity contribution in [2.45, 2.75) is 11.8 Å². The minimum absolute atomic E-state index is 0.0465. The highest BCUT2D eigenvalue weighted by molar-refractivity contribution is 9.10. The highest BCUT2D eigenvalue weighted by Crippen LogP contribution is 2.40. The maximum Gasteiger partial charge on any atom is 0.173 e. The molecule has 20 heavy (non-hydrogen) atoms.